The summed E-state index contributed by atoms with van der Waals surface area (Å²) in [6.07, 6.45) is 4.20. The number of hydrogen-bond donors (Lipinski definition) is 0. The zero-order valence-electron chi connectivity index (χ0n) is 17.0. The molecule has 144 valence electrons. The van der Waals surface area contributed by atoms with Gasteiger partial charge in [0.2, 0.25) is 11.8 Å². The van der Waals surface area contributed by atoms with Gasteiger partial charge in [-0.05, 0) is 58.9 Å². The van der Waals surface area contributed by atoms with E-state index in [1.807, 2.05) is 54.0 Å². The number of likely N-dealkylation sites (tertiary alicyclic amines) is 1. The highest BCUT2D eigenvalue weighted by molar-refractivity contribution is 6.04. The fourth-order valence-corrected chi connectivity index (χ4v) is 3.77. The fraction of sp³-hybridized carbons (Fsp3) is 0.636. The molecule has 2 amide bonds. The number of carbonyl (C=O) groups excluding carboxylic acids is 2. The van der Waals surface area contributed by atoms with E-state index in [1.54, 1.807) is 13.8 Å². The van der Waals surface area contributed by atoms with Crippen LogP contribution in [0.4, 0.5) is 0 Å². The van der Waals surface area contributed by atoms with Gasteiger partial charge in [-0.25, -0.2) is 0 Å². The van der Waals surface area contributed by atoms with Crippen molar-refractivity contribution in [3.05, 3.63) is 35.9 Å². The van der Waals surface area contributed by atoms with Crippen molar-refractivity contribution in [3.8, 4) is 0 Å². The molecule has 2 rings (SSSR count). The zero-order valence-corrected chi connectivity index (χ0v) is 17.0. The van der Waals surface area contributed by atoms with Gasteiger partial charge in [0.15, 0.2) is 0 Å². The van der Waals surface area contributed by atoms with Gasteiger partial charge in [0.25, 0.3) is 0 Å². The van der Waals surface area contributed by atoms with E-state index >= 15 is 0 Å². The Morgan fingerprint density at radius 3 is 2.42 bits per heavy atom. The van der Waals surface area contributed by atoms with Crippen LogP contribution in [-0.4, -0.2) is 40.2 Å². The largest absolute Gasteiger partial charge is 0.339 e. The summed E-state index contributed by atoms with van der Waals surface area (Å²) in [6, 6.07) is 10.3. The smallest absolute Gasteiger partial charge is 0.238 e. The third-order valence-electron chi connectivity index (χ3n) is 5.51. The van der Waals surface area contributed by atoms with Gasteiger partial charge in [-0.15, -0.1) is 0 Å². The highest BCUT2D eigenvalue weighted by Gasteiger charge is 2.44. The summed E-state index contributed by atoms with van der Waals surface area (Å²) < 4.78 is 0. The summed E-state index contributed by atoms with van der Waals surface area (Å²) in [5.74, 6) is -0.102. The van der Waals surface area contributed by atoms with Crippen LogP contribution in [0.3, 0.4) is 0 Å². The van der Waals surface area contributed by atoms with Crippen molar-refractivity contribution in [2.24, 2.45) is 5.41 Å². The number of amides is 2. The molecule has 1 aromatic rings. The molecule has 0 aliphatic carbocycles. The number of hydrogen-bond acceptors (Lipinski definition) is 2. The molecule has 4 heteroatoms. The lowest BCUT2D eigenvalue weighted by Gasteiger charge is -2.41. The summed E-state index contributed by atoms with van der Waals surface area (Å²) in [5.41, 5.74) is 0.0475. The zero-order chi connectivity index (χ0) is 19.3. The highest BCUT2D eigenvalue weighted by Crippen LogP contribution is 2.29. The predicted octanol–water partition coefficient (Wildman–Crippen LogP) is 4.24. The van der Waals surface area contributed by atoms with Crippen molar-refractivity contribution in [2.75, 3.05) is 6.54 Å². The number of piperidine rings is 1. The topological polar surface area (TPSA) is 40.6 Å². The van der Waals surface area contributed by atoms with Crippen molar-refractivity contribution in [1.82, 2.24) is 9.80 Å². The summed E-state index contributed by atoms with van der Waals surface area (Å²) in [4.78, 5) is 30.4. The van der Waals surface area contributed by atoms with Gasteiger partial charge in [-0.2, -0.15) is 0 Å². The molecule has 1 aliphatic heterocycles. The molecule has 0 spiro atoms. The number of benzene rings is 1. The van der Waals surface area contributed by atoms with E-state index in [1.165, 1.54) is 6.42 Å². The van der Waals surface area contributed by atoms with Crippen LogP contribution in [0.25, 0.3) is 0 Å². The maximum atomic E-state index is 13.4. The van der Waals surface area contributed by atoms with Gasteiger partial charge in [0.1, 0.15) is 5.41 Å². The monoisotopic (exact) mass is 358 g/mol. The minimum absolute atomic E-state index is 0.0206. The second-order valence-corrected chi connectivity index (χ2v) is 8.19. The SMILES string of the molecule is CCC1CCCCN1C(=O)C(C)(C)C(=O)N(Cc1ccccc1)C(C)C. The Morgan fingerprint density at radius 2 is 1.85 bits per heavy atom. The lowest BCUT2D eigenvalue weighted by atomic mass is 9.86. The first-order chi connectivity index (χ1) is 12.3. The van der Waals surface area contributed by atoms with E-state index in [9.17, 15) is 9.59 Å². The molecule has 1 aliphatic rings. The Hall–Kier alpha value is -1.84. The Labute approximate surface area is 158 Å². The molecule has 4 nitrogen and oxygen atoms in total. The maximum Gasteiger partial charge on any atom is 0.238 e. The Bertz CT molecular complexity index is 610. The van der Waals surface area contributed by atoms with Crippen LogP contribution in [-0.2, 0) is 16.1 Å². The first-order valence-electron chi connectivity index (χ1n) is 9.95. The maximum absolute atomic E-state index is 13.4. The summed E-state index contributed by atoms with van der Waals surface area (Å²) in [7, 11) is 0. The normalized spacial score (nSPS) is 18.1. The van der Waals surface area contributed by atoms with Crippen LogP contribution >= 0.6 is 0 Å². The van der Waals surface area contributed by atoms with Crippen LogP contribution in [0.1, 0.15) is 65.9 Å². The average Bonchev–Trinajstić information content (AvgIpc) is 2.65. The van der Waals surface area contributed by atoms with Gasteiger partial charge in [0.05, 0.1) is 0 Å². The lowest BCUT2D eigenvalue weighted by Crippen LogP contribution is -2.55. The minimum Gasteiger partial charge on any atom is -0.339 e. The Balaban J connectivity index is 2.20. The summed E-state index contributed by atoms with van der Waals surface area (Å²) in [5, 5.41) is 0. The summed E-state index contributed by atoms with van der Waals surface area (Å²) >= 11 is 0. The molecule has 1 aromatic carbocycles. The molecule has 1 saturated heterocycles. The molecule has 0 bridgehead atoms. The number of rotatable bonds is 6. The number of nitrogens with zero attached hydrogens (tertiary/aromatic N) is 2. The van der Waals surface area contributed by atoms with E-state index in [0.29, 0.717) is 6.54 Å². The molecule has 1 unspecified atom stereocenters. The van der Waals surface area contributed by atoms with Crippen LogP contribution in [0, 0.1) is 5.41 Å². The van der Waals surface area contributed by atoms with Crippen LogP contribution < -0.4 is 0 Å². The van der Waals surface area contributed by atoms with Gasteiger partial charge < -0.3 is 9.80 Å². The van der Waals surface area contributed by atoms with Gasteiger partial charge in [0, 0.05) is 25.2 Å². The highest BCUT2D eigenvalue weighted by atomic mass is 16.2. The van der Waals surface area contributed by atoms with Crippen molar-refractivity contribution >= 4 is 11.8 Å². The van der Waals surface area contributed by atoms with Crippen molar-refractivity contribution in [2.45, 2.75) is 78.9 Å². The van der Waals surface area contributed by atoms with Gasteiger partial charge in [-0.1, -0.05) is 37.3 Å². The third-order valence-corrected chi connectivity index (χ3v) is 5.51. The van der Waals surface area contributed by atoms with Crippen LogP contribution in [0.5, 0.6) is 0 Å². The lowest BCUT2D eigenvalue weighted by molar-refractivity contribution is -0.157. The van der Waals surface area contributed by atoms with E-state index in [-0.39, 0.29) is 23.9 Å². The average molecular weight is 359 g/mol. The molecular formula is C22H34N2O2. The first kappa shape index (κ1) is 20.5. The van der Waals surface area contributed by atoms with Crippen molar-refractivity contribution in [1.29, 1.82) is 0 Å². The van der Waals surface area contributed by atoms with Crippen molar-refractivity contribution in [3.63, 3.8) is 0 Å². The predicted molar refractivity (Wildman–Crippen MR) is 106 cm³/mol. The molecule has 0 saturated carbocycles. The van der Waals surface area contributed by atoms with E-state index in [4.69, 9.17) is 0 Å². The van der Waals surface area contributed by atoms with Crippen LogP contribution in [0.15, 0.2) is 30.3 Å². The van der Waals surface area contributed by atoms with Gasteiger partial charge in [-0.3, -0.25) is 9.59 Å². The molecule has 26 heavy (non-hydrogen) atoms. The quantitative estimate of drug-likeness (QED) is 0.714. The Morgan fingerprint density at radius 1 is 1.19 bits per heavy atom. The van der Waals surface area contributed by atoms with E-state index in [0.717, 1.165) is 31.4 Å². The first-order valence-corrected chi connectivity index (χ1v) is 9.95. The minimum atomic E-state index is -1.04. The molecule has 0 aromatic heterocycles. The molecule has 0 N–H and O–H groups in total. The van der Waals surface area contributed by atoms with Gasteiger partial charge >= 0.3 is 0 Å². The second kappa shape index (κ2) is 8.70. The molecular weight excluding hydrogens is 324 g/mol. The van der Waals surface area contributed by atoms with Crippen LogP contribution in [0.2, 0.25) is 0 Å². The fourth-order valence-electron chi connectivity index (χ4n) is 3.77. The van der Waals surface area contributed by atoms with E-state index in [2.05, 4.69) is 6.92 Å². The second-order valence-electron chi connectivity index (χ2n) is 8.19. The Kier molecular flexibility index (Phi) is 6.85. The molecule has 1 fully saturated rings. The molecule has 0 radical (unpaired) electrons. The van der Waals surface area contributed by atoms with Crippen molar-refractivity contribution < 1.29 is 9.59 Å². The van der Waals surface area contributed by atoms with E-state index < -0.39 is 5.41 Å². The molecule has 1 heterocycles. The summed E-state index contributed by atoms with van der Waals surface area (Å²) in [6.45, 7) is 11.0. The number of carbonyl (C=O) groups is 2. The standard InChI is InChI=1S/C22H34N2O2/c1-6-19-14-10-11-15-23(19)20(25)22(4,5)21(26)24(17(2)3)16-18-12-8-7-9-13-18/h7-9,12-13,17,19H,6,10-11,14-16H2,1-5H3. The third kappa shape index (κ3) is 4.46. The molecule has 1 atom stereocenters.